The van der Waals surface area contributed by atoms with Crippen LogP contribution in [-0.2, 0) is 11.8 Å². The van der Waals surface area contributed by atoms with E-state index in [0.29, 0.717) is 12.8 Å². The Morgan fingerprint density at radius 2 is 1.48 bits per heavy atom. The smallest absolute Gasteiger partial charge is 0.385 e. The molecule has 1 aromatic carbocycles. The van der Waals surface area contributed by atoms with Crippen molar-refractivity contribution in [3.63, 3.8) is 0 Å². The second-order valence-corrected chi connectivity index (χ2v) is 6.42. The van der Waals surface area contributed by atoms with Gasteiger partial charge in [-0.05, 0) is 42.4 Å². The summed E-state index contributed by atoms with van der Waals surface area (Å²) in [4.78, 5) is 0. The Hall–Kier alpha value is -1.10. The lowest BCUT2D eigenvalue weighted by molar-refractivity contribution is -0.140. The summed E-state index contributed by atoms with van der Waals surface area (Å²) in [6.45, 7) is 7.55. The molecule has 0 fully saturated rings. The summed E-state index contributed by atoms with van der Waals surface area (Å²) >= 11 is 0. The maximum absolute atomic E-state index is 13.4. The molecule has 5 heteroatoms. The van der Waals surface area contributed by atoms with Crippen molar-refractivity contribution in [2.24, 2.45) is 11.8 Å². The molecule has 1 aromatic rings. The van der Waals surface area contributed by atoms with Crippen LogP contribution < -0.4 is 0 Å². The first-order chi connectivity index (χ1) is 9.45. The molecule has 0 saturated heterocycles. The first-order valence-corrected chi connectivity index (χ1v) is 7.05. The molecule has 0 saturated carbocycles. The molecule has 0 atom stereocenters. The molecule has 1 nitrogen and oxygen atoms in total. The molecule has 0 amide bonds. The lowest BCUT2D eigenvalue weighted by Crippen LogP contribution is -2.30. The first kappa shape index (κ1) is 18.0. The van der Waals surface area contributed by atoms with E-state index >= 15 is 0 Å². The SMILES string of the molecule is CC(C)CC(O)(CC(C)C)c1ccc(F)c(C(F)(F)F)c1. The van der Waals surface area contributed by atoms with Crippen LogP contribution in [0.4, 0.5) is 17.6 Å². The molecular formula is C16H22F4O. The van der Waals surface area contributed by atoms with Crippen molar-refractivity contribution >= 4 is 0 Å². The zero-order chi connectivity index (χ0) is 16.4. The monoisotopic (exact) mass is 306 g/mol. The van der Waals surface area contributed by atoms with Gasteiger partial charge < -0.3 is 5.11 Å². The lowest BCUT2D eigenvalue weighted by Gasteiger charge is -2.32. The highest BCUT2D eigenvalue weighted by Crippen LogP contribution is 2.39. The molecule has 1 rings (SSSR count). The molecule has 0 spiro atoms. The van der Waals surface area contributed by atoms with Gasteiger partial charge in [0.15, 0.2) is 0 Å². The summed E-state index contributed by atoms with van der Waals surface area (Å²) in [6.07, 6.45) is -4.11. The van der Waals surface area contributed by atoms with Gasteiger partial charge in [0.2, 0.25) is 0 Å². The number of aliphatic hydroxyl groups is 1. The van der Waals surface area contributed by atoms with Crippen LogP contribution in [0.15, 0.2) is 18.2 Å². The second kappa shape index (κ2) is 6.34. The van der Waals surface area contributed by atoms with Crippen molar-refractivity contribution in [1.29, 1.82) is 0 Å². The van der Waals surface area contributed by atoms with Gasteiger partial charge in [-0.1, -0.05) is 33.8 Å². The van der Waals surface area contributed by atoms with Gasteiger partial charge in [0, 0.05) is 0 Å². The van der Waals surface area contributed by atoms with Crippen LogP contribution in [-0.4, -0.2) is 5.11 Å². The summed E-state index contributed by atoms with van der Waals surface area (Å²) in [7, 11) is 0. The summed E-state index contributed by atoms with van der Waals surface area (Å²) < 4.78 is 51.8. The highest BCUT2D eigenvalue weighted by atomic mass is 19.4. The lowest BCUT2D eigenvalue weighted by atomic mass is 9.79. The quantitative estimate of drug-likeness (QED) is 0.748. The van der Waals surface area contributed by atoms with E-state index in [1.54, 1.807) is 0 Å². The van der Waals surface area contributed by atoms with Crippen LogP contribution in [0.1, 0.15) is 51.7 Å². The molecule has 0 aliphatic heterocycles. The minimum Gasteiger partial charge on any atom is -0.385 e. The van der Waals surface area contributed by atoms with E-state index in [1.807, 2.05) is 27.7 Å². The van der Waals surface area contributed by atoms with Gasteiger partial charge in [-0.3, -0.25) is 0 Å². The third kappa shape index (κ3) is 4.70. The van der Waals surface area contributed by atoms with E-state index < -0.39 is 23.2 Å². The molecule has 0 aliphatic rings. The van der Waals surface area contributed by atoms with Crippen molar-refractivity contribution < 1.29 is 22.7 Å². The molecule has 0 radical (unpaired) electrons. The van der Waals surface area contributed by atoms with E-state index in [0.717, 1.165) is 12.1 Å². The highest BCUT2D eigenvalue weighted by molar-refractivity contribution is 5.31. The van der Waals surface area contributed by atoms with E-state index in [4.69, 9.17) is 0 Å². The van der Waals surface area contributed by atoms with E-state index in [1.165, 1.54) is 6.07 Å². The van der Waals surface area contributed by atoms with Crippen LogP contribution in [0.25, 0.3) is 0 Å². The van der Waals surface area contributed by atoms with Crippen LogP contribution >= 0.6 is 0 Å². The zero-order valence-corrected chi connectivity index (χ0v) is 12.8. The van der Waals surface area contributed by atoms with Gasteiger partial charge in [-0.15, -0.1) is 0 Å². The van der Waals surface area contributed by atoms with Gasteiger partial charge in [0.05, 0.1) is 11.2 Å². The fraction of sp³-hybridized carbons (Fsp3) is 0.625. The molecule has 1 N–H and O–H groups in total. The Morgan fingerprint density at radius 1 is 1.00 bits per heavy atom. The van der Waals surface area contributed by atoms with Crippen molar-refractivity contribution in [2.45, 2.75) is 52.3 Å². The average Bonchev–Trinajstić information content (AvgIpc) is 2.24. The van der Waals surface area contributed by atoms with Crippen molar-refractivity contribution in [3.8, 4) is 0 Å². The number of alkyl halides is 3. The Kier molecular flexibility index (Phi) is 5.42. The fourth-order valence-corrected chi connectivity index (χ4v) is 2.70. The number of benzene rings is 1. The van der Waals surface area contributed by atoms with Crippen molar-refractivity contribution in [2.75, 3.05) is 0 Å². The number of rotatable bonds is 5. The van der Waals surface area contributed by atoms with E-state index in [-0.39, 0.29) is 17.4 Å². The number of hydrogen-bond donors (Lipinski definition) is 1. The molecule has 0 unspecified atom stereocenters. The highest BCUT2D eigenvalue weighted by Gasteiger charge is 2.37. The number of halogens is 4. The van der Waals surface area contributed by atoms with Crippen LogP contribution in [0.2, 0.25) is 0 Å². The Balaban J connectivity index is 3.32. The Morgan fingerprint density at radius 3 is 1.86 bits per heavy atom. The van der Waals surface area contributed by atoms with Gasteiger partial charge in [-0.25, -0.2) is 4.39 Å². The fourth-order valence-electron chi connectivity index (χ4n) is 2.70. The minimum absolute atomic E-state index is 0.105. The maximum atomic E-state index is 13.4. The molecule has 0 aromatic heterocycles. The van der Waals surface area contributed by atoms with Gasteiger partial charge in [0.1, 0.15) is 5.82 Å². The predicted molar refractivity (Wildman–Crippen MR) is 74.2 cm³/mol. The predicted octanol–water partition coefficient (Wildman–Crippen LogP) is 5.12. The van der Waals surface area contributed by atoms with Gasteiger partial charge >= 0.3 is 6.18 Å². The van der Waals surface area contributed by atoms with E-state index in [2.05, 4.69) is 0 Å². The minimum atomic E-state index is -4.77. The standard InChI is InChI=1S/C16H22F4O/c1-10(2)8-15(21,9-11(3)4)12-5-6-14(17)13(7-12)16(18,19)20/h5-7,10-11,21H,8-9H2,1-4H3. The Bertz CT molecular complexity index is 468. The van der Waals surface area contributed by atoms with Crippen molar-refractivity contribution in [3.05, 3.63) is 35.1 Å². The summed E-state index contributed by atoms with van der Waals surface area (Å²) in [5, 5.41) is 10.8. The normalized spacial score (nSPS) is 13.3. The van der Waals surface area contributed by atoms with E-state index in [9.17, 15) is 22.7 Å². The average molecular weight is 306 g/mol. The first-order valence-electron chi connectivity index (χ1n) is 7.05. The van der Waals surface area contributed by atoms with Crippen molar-refractivity contribution in [1.82, 2.24) is 0 Å². The molecule has 0 bridgehead atoms. The largest absolute Gasteiger partial charge is 0.419 e. The number of hydrogen-bond acceptors (Lipinski definition) is 1. The van der Waals surface area contributed by atoms with Crippen LogP contribution in [0, 0.1) is 17.7 Å². The summed E-state index contributed by atoms with van der Waals surface area (Å²) in [5.74, 6) is -1.11. The Labute approximate surface area is 123 Å². The third-order valence-corrected chi connectivity index (χ3v) is 3.30. The van der Waals surface area contributed by atoms with Gasteiger partial charge in [-0.2, -0.15) is 13.2 Å². The molecule has 21 heavy (non-hydrogen) atoms. The molecular weight excluding hydrogens is 284 g/mol. The summed E-state index contributed by atoms with van der Waals surface area (Å²) in [6, 6.07) is 2.76. The zero-order valence-electron chi connectivity index (χ0n) is 12.8. The van der Waals surface area contributed by atoms with Crippen LogP contribution in [0.3, 0.4) is 0 Å². The second-order valence-electron chi connectivity index (χ2n) is 6.42. The topological polar surface area (TPSA) is 20.2 Å². The van der Waals surface area contributed by atoms with Crippen LogP contribution in [0.5, 0.6) is 0 Å². The molecule has 0 heterocycles. The molecule has 0 aliphatic carbocycles. The third-order valence-electron chi connectivity index (χ3n) is 3.30. The molecule has 120 valence electrons. The summed E-state index contributed by atoms with van der Waals surface area (Å²) in [5.41, 5.74) is -2.58. The van der Waals surface area contributed by atoms with Gasteiger partial charge in [0.25, 0.3) is 0 Å². The maximum Gasteiger partial charge on any atom is 0.419 e.